The molecule has 0 radical (unpaired) electrons. The second kappa shape index (κ2) is 4.78. The fourth-order valence-corrected chi connectivity index (χ4v) is 4.45. The van der Waals surface area contributed by atoms with E-state index in [1.807, 2.05) is 6.92 Å². The van der Waals surface area contributed by atoms with E-state index in [9.17, 15) is 13.5 Å². The van der Waals surface area contributed by atoms with E-state index in [0.29, 0.717) is 23.7 Å². The zero-order valence-electron chi connectivity index (χ0n) is 9.91. The molecule has 0 amide bonds. The van der Waals surface area contributed by atoms with Crippen molar-refractivity contribution in [2.24, 2.45) is 5.92 Å². The molecule has 3 atom stereocenters. The second-order valence-corrected chi connectivity index (χ2v) is 7.05. The molecule has 94 valence electrons. The third-order valence-electron chi connectivity index (χ3n) is 3.49. The van der Waals surface area contributed by atoms with Crippen molar-refractivity contribution in [2.45, 2.75) is 42.4 Å². The molecule has 1 aliphatic carbocycles. The van der Waals surface area contributed by atoms with Crippen LogP contribution in [0.3, 0.4) is 0 Å². The van der Waals surface area contributed by atoms with Gasteiger partial charge in [-0.1, -0.05) is 25.1 Å². The van der Waals surface area contributed by atoms with Gasteiger partial charge in [0.15, 0.2) is 9.84 Å². The van der Waals surface area contributed by atoms with Gasteiger partial charge >= 0.3 is 0 Å². The first kappa shape index (κ1) is 12.6. The van der Waals surface area contributed by atoms with Gasteiger partial charge in [0.2, 0.25) is 0 Å². The van der Waals surface area contributed by atoms with Crippen molar-refractivity contribution in [1.29, 1.82) is 0 Å². The van der Waals surface area contributed by atoms with E-state index in [1.54, 1.807) is 30.3 Å². The van der Waals surface area contributed by atoms with Gasteiger partial charge in [-0.2, -0.15) is 0 Å². The fourth-order valence-electron chi connectivity index (χ4n) is 2.43. The quantitative estimate of drug-likeness (QED) is 0.878. The molecule has 1 aromatic carbocycles. The zero-order chi connectivity index (χ0) is 12.5. The average Bonchev–Trinajstić information content (AvgIpc) is 2.33. The fraction of sp³-hybridized carbons (Fsp3) is 0.538. The molecular formula is C13H18O3S. The Bertz CT molecular complexity index is 467. The Labute approximate surface area is 102 Å². The van der Waals surface area contributed by atoms with Crippen LogP contribution in [0.1, 0.15) is 26.2 Å². The lowest BCUT2D eigenvalue weighted by molar-refractivity contribution is 0.116. The zero-order valence-corrected chi connectivity index (χ0v) is 10.7. The topological polar surface area (TPSA) is 54.4 Å². The molecule has 0 saturated heterocycles. The molecule has 4 heteroatoms. The van der Waals surface area contributed by atoms with Crippen LogP contribution in [0, 0.1) is 5.92 Å². The molecule has 1 fully saturated rings. The summed E-state index contributed by atoms with van der Waals surface area (Å²) < 4.78 is 24.8. The van der Waals surface area contributed by atoms with Gasteiger partial charge in [0.1, 0.15) is 0 Å². The van der Waals surface area contributed by atoms with E-state index in [4.69, 9.17) is 0 Å². The maximum absolute atomic E-state index is 12.4. The summed E-state index contributed by atoms with van der Waals surface area (Å²) in [5, 5.41) is 9.26. The van der Waals surface area contributed by atoms with Gasteiger partial charge in [0.25, 0.3) is 0 Å². The van der Waals surface area contributed by atoms with Gasteiger partial charge in [-0.15, -0.1) is 0 Å². The van der Waals surface area contributed by atoms with Crippen molar-refractivity contribution in [3.63, 3.8) is 0 Å². The summed E-state index contributed by atoms with van der Waals surface area (Å²) in [5.74, 6) is 0.363. The monoisotopic (exact) mass is 254 g/mol. The van der Waals surface area contributed by atoms with Gasteiger partial charge in [0.05, 0.1) is 16.2 Å². The average molecular weight is 254 g/mol. The number of rotatable bonds is 2. The number of aliphatic hydroxyl groups is 1. The van der Waals surface area contributed by atoms with Crippen LogP contribution in [0.15, 0.2) is 35.2 Å². The largest absolute Gasteiger partial charge is 0.392 e. The Morgan fingerprint density at radius 2 is 1.82 bits per heavy atom. The van der Waals surface area contributed by atoms with Crippen molar-refractivity contribution in [3.8, 4) is 0 Å². The summed E-state index contributed by atoms with van der Waals surface area (Å²) in [6.45, 7) is 2.04. The highest BCUT2D eigenvalue weighted by Gasteiger charge is 2.37. The Morgan fingerprint density at radius 1 is 1.18 bits per heavy atom. The van der Waals surface area contributed by atoms with Crippen LogP contribution >= 0.6 is 0 Å². The Hall–Kier alpha value is -0.870. The first-order valence-corrected chi connectivity index (χ1v) is 7.53. The van der Waals surface area contributed by atoms with Crippen LogP contribution in [0.25, 0.3) is 0 Å². The standard InChI is InChI=1S/C13H18O3S/c1-10-7-8-12(14)13(9-10)17(15,16)11-5-3-2-4-6-11/h2-6,10,12-14H,7-9H2,1H3. The Kier molecular flexibility index (Phi) is 3.54. The lowest BCUT2D eigenvalue weighted by atomic mass is 9.88. The molecule has 3 nitrogen and oxygen atoms in total. The summed E-state index contributed by atoms with van der Waals surface area (Å²) in [6, 6.07) is 8.42. The van der Waals surface area contributed by atoms with E-state index in [0.717, 1.165) is 6.42 Å². The molecule has 2 rings (SSSR count). The molecular weight excluding hydrogens is 236 g/mol. The summed E-state index contributed by atoms with van der Waals surface area (Å²) in [6.07, 6.45) is 1.31. The number of sulfone groups is 1. The Morgan fingerprint density at radius 3 is 2.47 bits per heavy atom. The summed E-state index contributed by atoms with van der Waals surface area (Å²) in [5.41, 5.74) is 0. The molecule has 0 bridgehead atoms. The number of benzene rings is 1. The molecule has 17 heavy (non-hydrogen) atoms. The maximum atomic E-state index is 12.4. The van der Waals surface area contributed by atoms with Crippen molar-refractivity contribution in [1.82, 2.24) is 0 Å². The van der Waals surface area contributed by atoms with Crippen molar-refractivity contribution >= 4 is 9.84 Å². The van der Waals surface area contributed by atoms with E-state index in [2.05, 4.69) is 0 Å². The van der Waals surface area contributed by atoms with Crippen LogP contribution in [0.4, 0.5) is 0 Å². The first-order valence-electron chi connectivity index (χ1n) is 5.99. The minimum absolute atomic E-state index is 0.318. The molecule has 0 spiro atoms. The highest BCUT2D eigenvalue weighted by atomic mass is 32.2. The highest BCUT2D eigenvalue weighted by Crippen LogP contribution is 2.32. The molecule has 1 N–H and O–H groups in total. The van der Waals surface area contributed by atoms with Crippen LogP contribution < -0.4 is 0 Å². The lowest BCUT2D eigenvalue weighted by Crippen LogP contribution is -2.39. The van der Waals surface area contributed by atoms with Gasteiger partial charge in [0, 0.05) is 0 Å². The molecule has 3 unspecified atom stereocenters. The van der Waals surface area contributed by atoms with Crippen LogP contribution in [-0.2, 0) is 9.84 Å². The van der Waals surface area contributed by atoms with Gasteiger partial charge in [-0.05, 0) is 37.3 Å². The van der Waals surface area contributed by atoms with Crippen molar-refractivity contribution in [3.05, 3.63) is 30.3 Å². The van der Waals surface area contributed by atoms with E-state index in [1.165, 1.54) is 0 Å². The van der Waals surface area contributed by atoms with E-state index < -0.39 is 21.2 Å². The predicted molar refractivity (Wildman–Crippen MR) is 66.4 cm³/mol. The van der Waals surface area contributed by atoms with Crippen molar-refractivity contribution in [2.75, 3.05) is 0 Å². The molecule has 0 heterocycles. The number of hydrogen-bond donors (Lipinski definition) is 1. The minimum atomic E-state index is -3.39. The number of hydrogen-bond acceptors (Lipinski definition) is 3. The van der Waals surface area contributed by atoms with Crippen LogP contribution in [0.2, 0.25) is 0 Å². The lowest BCUT2D eigenvalue weighted by Gasteiger charge is -2.31. The summed E-state index contributed by atoms with van der Waals surface area (Å²) in [4.78, 5) is 0.318. The molecule has 1 aliphatic rings. The smallest absolute Gasteiger partial charge is 0.183 e. The molecule has 1 aromatic rings. The highest BCUT2D eigenvalue weighted by molar-refractivity contribution is 7.92. The maximum Gasteiger partial charge on any atom is 0.183 e. The second-order valence-electron chi connectivity index (χ2n) is 4.88. The third kappa shape index (κ3) is 2.53. The SMILES string of the molecule is CC1CCC(O)C(S(=O)(=O)c2ccccc2)C1. The summed E-state index contributed by atoms with van der Waals surface area (Å²) in [7, 11) is -3.39. The molecule has 0 aromatic heterocycles. The van der Waals surface area contributed by atoms with Crippen molar-refractivity contribution < 1.29 is 13.5 Å². The first-order chi connectivity index (χ1) is 8.01. The van der Waals surface area contributed by atoms with Gasteiger partial charge < -0.3 is 5.11 Å². The van der Waals surface area contributed by atoms with Gasteiger partial charge in [-0.25, -0.2) is 8.42 Å². The van der Waals surface area contributed by atoms with E-state index >= 15 is 0 Å². The van der Waals surface area contributed by atoms with E-state index in [-0.39, 0.29) is 0 Å². The number of aliphatic hydroxyl groups excluding tert-OH is 1. The van der Waals surface area contributed by atoms with Crippen LogP contribution in [0.5, 0.6) is 0 Å². The van der Waals surface area contributed by atoms with Gasteiger partial charge in [-0.3, -0.25) is 0 Å². The van der Waals surface area contributed by atoms with Crippen LogP contribution in [-0.4, -0.2) is 24.9 Å². The minimum Gasteiger partial charge on any atom is -0.392 e. The third-order valence-corrected chi connectivity index (χ3v) is 5.72. The summed E-state index contributed by atoms with van der Waals surface area (Å²) >= 11 is 0. The Balaban J connectivity index is 2.32. The molecule has 0 aliphatic heterocycles. The normalized spacial score (nSPS) is 30.1. The predicted octanol–water partition coefficient (Wildman–Crippen LogP) is 2.01. The molecule has 1 saturated carbocycles.